The van der Waals surface area contributed by atoms with Crippen LogP contribution in [-0.4, -0.2) is 22.2 Å². The average Bonchev–Trinajstić information content (AvgIpc) is 2.55. The van der Waals surface area contributed by atoms with Gasteiger partial charge < -0.3 is 5.32 Å². The number of benzene rings is 1. The molecule has 0 saturated heterocycles. The molecule has 1 atom stereocenters. The molecule has 0 bridgehead atoms. The molecule has 4 nitrogen and oxygen atoms in total. The van der Waals surface area contributed by atoms with Crippen LogP contribution in [0.4, 0.5) is 0 Å². The molecule has 4 heteroatoms. The molecule has 0 aliphatic heterocycles. The van der Waals surface area contributed by atoms with E-state index in [-0.39, 0.29) is 11.7 Å². The van der Waals surface area contributed by atoms with Crippen LogP contribution in [-0.2, 0) is 13.6 Å². The molecule has 86 valence electrons. The number of rotatable bonds is 3. The number of fused-ring (bicyclic) bond motifs is 1. The van der Waals surface area contributed by atoms with E-state index in [4.69, 9.17) is 0 Å². The molecule has 1 N–H and O–H groups in total. The molecule has 1 heterocycles. The van der Waals surface area contributed by atoms with Gasteiger partial charge in [0.2, 0.25) is 0 Å². The third kappa shape index (κ3) is 1.65. The zero-order chi connectivity index (χ0) is 11.7. The summed E-state index contributed by atoms with van der Waals surface area (Å²) in [5.74, 6) is 0. The molecule has 0 aliphatic rings. The topological polar surface area (TPSA) is 39.0 Å². The van der Waals surface area contributed by atoms with E-state index in [2.05, 4.69) is 12.2 Å². The first-order valence-corrected chi connectivity index (χ1v) is 5.46. The van der Waals surface area contributed by atoms with E-state index in [1.165, 1.54) is 0 Å². The van der Waals surface area contributed by atoms with Gasteiger partial charge in [0.1, 0.15) is 0 Å². The molecule has 1 unspecified atom stereocenters. The van der Waals surface area contributed by atoms with Crippen molar-refractivity contribution < 1.29 is 0 Å². The van der Waals surface area contributed by atoms with Gasteiger partial charge in [-0.25, -0.2) is 4.79 Å². The second kappa shape index (κ2) is 4.14. The minimum atomic E-state index is 0.0447. The third-order valence-corrected chi connectivity index (χ3v) is 3.00. The predicted molar refractivity (Wildman–Crippen MR) is 65.7 cm³/mol. The zero-order valence-electron chi connectivity index (χ0n) is 9.90. The monoisotopic (exact) mass is 219 g/mol. The SMILES string of the molecule is CNC(C)Cn1c(=O)n(C)c2ccccc21. The van der Waals surface area contributed by atoms with Crippen LogP contribution in [0.5, 0.6) is 0 Å². The van der Waals surface area contributed by atoms with Gasteiger partial charge in [-0.2, -0.15) is 0 Å². The maximum atomic E-state index is 12.0. The van der Waals surface area contributed by atoms with Crippen LogP contribution in [0.15, 0.2) is 29.1 Å². The Morgan fingerprint density at radius 1 is 1.31 bits per heavy atom. The summed E-state index contributed by atoms with van der Waals surface area (Å²) in [6.45, 7) is 2.75. The number of likely N-dealkylation sites (N-methyl/N-ethyl adjacent to an activating group) is 1. The van der Waals surface area contributed by atoms with Crippen LogP contribution in [0.2, 0.25) is 0 Å². The van der Waals surface area contributed by atoms with E-state index in [0.29, 0.717) is 6.54 Å². The Kier molecular flexibility index (Phi) is 2.83. The number of nitrogens with zero attached hydrogens (tertiary/aromatic N) is 2. The summed E-state index contributed by atoms with van der Waals surface area (Å²) in [4.78, 5) is 12.0. The largest absolute Gasteiger partial charge is 0.328 e. The van der Waals surface area contributed by atoms with Crippen molar-refractivity contribution in [2.45, 2.75) is 19.5 Å². The zero-order valence-corrected chi connectivity index (χ0v) is 9.90. The number of aryl methyl sites for hydroxylation is 1. The molecule has 0 amide bonds. The Labute approximate surface area is 94.5 Å². The van der Waals surface area contributed by atoms with Gasteiger partial charge in [0.25, 0.3) is 0 Å². The molecule has 16 heavy (non-hydrogen) atoms. The van der Waals surface area contributed by atoms with Crippen molar-refractivity contribution >= 4 is 11.0 Å². The quantitative estimate of drug-likeness (QED) is 0.834. The summed E-state index contributed by atoms with van der Waals surface area (Å²) >= 11 is 0. The first kappa shape index (κ1) is 11.0. The Morgan fingerprint density at radius 3 is 2.56 bits per heavy atom. The van der Waals surface area contributed by atoms with E-state index in [1.54, 1.807) is 4.57 Å². The van der Waals surface area contributed by atoms with Crippen LogP contribution < -0.4 is 11.0 Å². The molecule has 0 aliphatic carbocycles. The molecule has 2 aromatic rings. The van der Waals surface area contributed by atoms with Crippen LogP contribution in [0.25, 0.3) is 11.0 Å². The van der Waals surface area contributed by atoms with Crippen LogP contribution in [0.3, 0.4) is 0 Å². The summed E-state index contributed by atoms with van der Waals surface area (Å²) < 4.78 is 3.51. The fourth-order valence-electron chi connectivity index (χ4n) is 1.90. The number of imidazole rings is 1. The number of hydrogen-bond donors (Lipinski definition) is 1. The van der Waals surface area contributed by atoms with Crippen molar-refractivity contribution in [3.8, 4) is 0 Å². The van der Waals surface area contributed by atoms with Crippen molar-refractivity contribution in [2.24, 2.45) is 7.05 Å². The molecule has 0 fully saturated rings. The predicted octanol–water partition coefficient (Wildman–Crippen LogP) is 0.948. The summed E-state index contributed by atoms with van der Waals surface area (Å²) in [7, 11) is 3.71. The van der Waals surface area contributed by atoms with Crippen molar-refractivity contribution in [1.29, 1.82) is 0 Å². The van der Waals surface area contributed by atoms with Gasteiger partial charge in [0.15, 0.2) is 0 Å². The summed E-state index contributed by atoms with van der Waals surface area (Å²) in [5, 5.41) is 3.15. The van der Waals surface area contributed by atoms with E-state index in [9.17, 15) is 4.79 Å². The van der Waals surface area contributed by atoms with E-state index in [0.717, 1.165) is 11.0 Å². The smallest absolute Gasteiger partial charge is 0.315 e. The molecule has 0 radical (unpaired) electrons. The summed E-state index contributed by atoms with van der Waals surface area (Å²) in [5.41, 5.74) is 2.02. The highest BCUT2D eigenvalue weighted by molar-refractivity contribution is 5.75. The van der Waals surface area contributed by atoms with Crippen molar-refractivity contribution in [1.82, 2.24) is 14.5 Å². The molecular formula is C12H17N3O. The fraction of sp³-hybridized carbons (Fsp3) is 0.417. The Hall–Kier alpha value is -1.55. The highest BCUT2D eigenvalue weighted by Crippen LogP contribution is 2.11. The number of aromatic nitrogens is 2. The second-order valence-electron chi connectivity index (χ2n) is 4.13. The van der Waals surface area contributed by atoms with Gasteiger partial charge >= 0.3 is 5.69 Å². The van der Waals surface area contributed by atoms with Gasteiger partial charge in [0, 0.05) is 19.6 Å². The minimum Gasteiger partial charge on any atom is -0.315 e. The Morgan fingerprint density at radius 2 is 1.94 bits per heavy atom. The highest BCUT2D eigenvalue weighted by Gasteiger charge is 2.11. The lowest BCUT2D eigenvalue weighted by Crippen LogP contribution is -2.32. The van der Waals surface area contributed by atoms with E-state index >= 15 is 0 Å². The highest BCUT2D eigenvalue weighted by atomic mass is 16.1. The standard InChI is InChI=1S/C12H17N3O/c1-9(13-2)8-15-11-7-5-4-6-10(11)14(3)12(15)16/h4-7,9,13H,8H2,1-3H3. The van der Waals surface area contributed by atoms with Gasteiger partial charge in [0.05, 0.1) is 11.0 Å². The van der Waals surface area contributed by atoms with Gasteiger partial charge in [-0.1, -0.05) is 12.1 Å². The maximum absolute atomic E-state index is 12.0. The fourth-order valence-corrected chi connectivity index (χ4v) is 1.90. The van der Waals surface area contributed by atoms with Crippen LogP contribution in [0, 0.1) is 0 Å². The van der Waals surface area contributed by atoms with Crippen molar-refractivity contribution in [2.75, 3.05) is 7.05 Å². The lowest BCUT2D eigenvalue weighted by molar-refractivity contribution is 0.509. The molecular weight excluding hydrogens is 202 g/mol. The summed E-state index contributed by atoms with van der Waals surface area (Å²) in [6.07, 6.45) is 0. The number of nitrogens with one attached hydrogen (secondary N) is 1. The van der Waals surface area contributed by atoms with E-state index < -0.39 is 0 Å². The molecule has 1 aromatic heterocycles. The first-order chi connectivity index (χ1) is 7.65. The summed E-state index contributed by atoms with van der Waals surface area (Å²) in [6, 6.07) is 8.15. The average molecular weight is 219 g/mol. The van der Waals surface area contributed by atoms with Gasteiger partial charge in [-0.3, -0.25) is 9.13 Å². The number of hydrogen-bond acceptors (Lipinski definition) is 2. The van der Waals surface area contributed by atoms with Crippen LogP contribution >= 0.6 is 0 Å². The molecule has 1 aromatic carbocycles. The molecule has 0 saturated carbocycles. The minimum absolute atomic E-state index is 0.0447. The Bertz CT molecular complexity index is 553. The molecule has 2 rings (SSSR count). The lowest BCUT2D eigenvalue weighted by Gasteiger charge is -2.10. The van der Waals surface area contributed by atoms with Crippen molar-refractivity contribution in [3.05, 3.63) is 34.7 Å². The lowest BCUT2D eigenvalue weighted by atomic mass is 10.3. The second-order valence-corrected chi connectivity index (χ2v) is 4.13. The van der Waals surface area contributed by atoms with Crippen molar-refractivity contribution in [3.63, 3.8) is 0 Å². The first-order valence-electron chi connectivity index (χ1n) is 5.46. The third-order valence-electron chi connectivity index (χ3n) is 3.00. The number of para-hydroxylation sites is 2. The van der Waals surface area contributed by atoms with Gasteiger partial charge in [-0.15, -0.1) is 0 Å². The Balaban J connectivity index is 2.60. The van der Waals surface area contributed by atoms with Crippen LogP contribution in [0.1, 0.15) is 6.92 Å². The maximum Gasteiger partial charge on any atom is 0.328 e. The molecule has 0 spiro atoms. The van der Waals surface area contributed by atoms with Gasteiger partial charge in [-0.05, 0) is 26.1 Å². The normalized spacial score (nSPS) is 13.2. The van der Waals surface area contributed by atoms with E-state index in [1.807, 2.05) is 42.9 Å².